The molecule has 1 aromatic heterocycles. The van der Waals surface area contributed by atoms with E-state index in [9.17, 15) is 0 Å². The second-order valence-corrected chi connectivity index (χ2v) is 5.45. The molecule has 0 saturated heterocycles. The molecule has 0 spiro atoms. The first-order valence-corrected chi connectivity index (χ1v) is 6.95. The van der Waals surface area contributed by atoms with Gasteiger partial charge in [0.2, 0.25) is 0 Å². The first-order chi connectivity index (χ1) is 8.65. The van der Waals surface area contributed by atoms with Gasteiger partial charge in [-0.25, -0.2) is 0 Å². The van der Waals surface area contributed by atoms with Gasteiger partial charge in [0.05, 0.1) is 0 Å². The zero-order valence-corrected chi connectivity index (χ0v) is 12.1. The molecule has 0 saturated carbocycles. The Morgan fingerprint density at radius 3 is 2.83 bits per heavy atom. The summed E-state index contributed by atoms with van der Waals surface area (Å²) >= 11 is 6.12. The third-order valence-electron chi connectivity index (χ3n) is 3.50. The Balaban J connectivity index is 2.47. The molecule has 0 fully saturated rings. The molecule has 18 heavy (non-hydrogen) atoms. The number of nitrogens with one attached hydrogen (secondary N) is 1. The summed E-state index contributed by atoms with van der Waals surface area (Å²) in [5, 5.41) is 5.34. The van der Waals surface area contributed by atoms with Gasteiger partial charge >= 0.3 is 0 Å². The molecule has 0 aliphatic heterocycles. The number of rotatable bonds is 5. The Bertz CT molecular complexity index is 531. The molecule has 2 aromatic rings. The van der Waals surface area contributed by atoms with Crippen molar-refractivity contribution in [3.8, 4) is 0 Å². The van der Waals surface area contributed by atoms with Crippen LogP contribution in [0.15, 0.2) is 24.4 Å². The summed E-state index contributed by atoms with van der Waals surface area (Å²) in [6, 6.07) is 6.16. The molecule has 1 N–H and O–H groups in total. The van der Waals surface area contributed by atoms with Gasteiger partial charge in [0.1, 0.15) is 0 Å². The lowest BCUT2D eigenvalue weighted by Gasteiger charge is -2.11. The van der Waals surface area contributed by atoms with Crippen LogP contribution in [0.2, 0.25) is 5.02 Å². The average molecular weight is 265 g/mol. The van der Waals surface area contributed by atoms with Crippen molar-refractivity contribution in [3.63, 3.8) is 0 Å². The molecule has 2 nitrogen and oxygen atoms in total. The van der Waals surface area contributed by atoms with Crippen molar-refractivity contribution in [2.45, 2.75) is 33.4 Å². The maximum absolute atomic E-state index is 6.12. The maximum atomic E-state index is 6.12. The summed E-state index contributed by atoms with van der Waals surface area (Å²) in [5.41, 5.74) is 2.58. The zero-order valence-electron chi connectivity index (χ0n) is 11.3. The van der Waals surface area contributed by atoms with Crippen LogP contribution in [0.4, 0.5) is 0 Å². The molecule has 1 unspecified atom stereocenters. The average Bonchev–Trinajstić information content (AvgIpc) is 2.67. The highest BCUT2D eigenvalue weighted by molar-refractivity contribution is 6.31. The molecule has 1 aromatic carbocycles. The van der Waals surface area contributed by atoms with Gasteiger partial charge in [-0.1, -0.05) is 37.9 Å². The third kappa shape index (κ3) is 2.70. The Morgan fingerprint density at radius 2 is 2.17 bits per heavy atom. The van der Waals surface area contributed by atoms with E-state index in [0.717, 1.165) is 18.1 Å². The summed E-state index contributed by atoms with van der Waals surface area (Å²) < 4.78 is 2.34. The van der Waals surface area contributed by atoms with Gasteiger partial charge in [-0.05, 0) is 30.7 Å². The molecule has 0 bridgehead atoms. The lowest BCUT2D eigenvalue weighted by molar-refractivity contribution is 0.477. The first-order valence-electron chi connectivity index (χ1n) is 6.57. The van der Waals surface area contributed by atoms with Crippen molar-refractivity contribution < 1.29 is 0 Å². The van der Waals surface area contributed by atoms with Crippen LogP contribution in [-0.4, -0.2) is 11.6 Å². The molecular weight excluding hydrogens is 244 g/mol. The summed E-state index contributed by atoms with van der Waals surface area (Å²) in [7, 11) is 1.98. The van der Waals surface area contributed by atoms with Gasteiger partial charge < -0.3 is 9.88 Å². The molecular formula is C15H21ClN2. The molecule has 98 valence electrons. The number of aromatic nitrogens is 1. The van der Waals surface area contributed by atoms with Crippen LogP contribution in [0.5, 0.6) is 0 Å². The first kappa shape index (κ1) is 13.4. The second kappa shape index (κ2) is 5.77. The normalized spacial score (nSPS) is 13.1. The van der Waals surface area contributed by atoms with E-state index in [1.165, 1.54) is 22.9 Å². The van der Waals surface area contributed by atoms with E-state index in [1.807, 2.05) is 13.1 Å². The van der Waals surface area contributed by atoms with Crippen molar-refractivity contribution >= 4 is 22.5 Å². The Morgan fingerprint density at radius 1 is 1.39 bits per heavy atom. The monoisotopic (exact) mass is 264 g/mol. The van der Waals surface area contributed by atoms with Crippen molar-refractivity contribution in [1.82, 2.24) is 9.88 Å². The van der Waals surface area contributed by atoms with Crippen LogP contribution in [-0.2, 0) is 13.1 Å². The number of nitrogens with zero attached hydrogens (tertiary/aromatic N) is 1. The highest BCUT2D eigenvalue weighted by atomic mass is 35.5. The number of benzene rings is 1. The summed E-state index contributed by atoms with van der Waals surface area (Å²) in [6.45, 7) is 6.47. The van der Waals surface area contributed by atoms with Crippen LogP contribution in [0, 0.1) is 5.92 Å². The van der Waals surface area contributed by atoms with Gasteiger partial charge in [-0.2, -0.15) is 0 Å². The van der Waals surface area contributed by atoms with Crippen molar-refractivity contribution in [1.29, 1.82) is 0 Å². The van der Waals surface area contributed by atoms with Gasteiger partial charge in [0.15, 0.2) is 0 Å². The Labute approximate surface area is 114 Å². The molecule has 1 atom stereocenters. The van der Waals surface area contributed by atoms with E-state index in [0.29, 0.717) is 5.92 Å². The molecule has 0 amide bonds. The number of hydrogen-bond acceptors (Lipinski definition) is 1. The number of fused-ring (bicyclic) bond motifs is 1. The van der Waals surface area contributed by atoms with Gasteiger partial charge in [0.25, 0.3) is 0 Å². The lowest BCUT2D eigenvalue weighted by atomic mass is 10.1. The standard InChI is InChI=1S/C15H21ClN2/c1-4-11(2)9-18-10-12(8-17-3)14-6-5-13(16)7-15(14)18/h5-7,10-11,17H,4,8-9H2,1-3H3. The van der Waals surface area contributed by atoms with E-state index >= 15 is 0 Å². The van der Waals surface area contributed by atoms with Gasteiger partial charge in [-0.3, -0.25) is 0 Å². The van der Waals surface area contributed by atoms with Crippen LogP contribution < -0.4 is 5.32 Å². The fourth-order valence-corrected chi connectivity index (χ4v) is 2.45. The molecule has 2 rings (SSSR count). The maximum Gasteiger partial charge on any atom is 0.0498 e. The minimum Gasteiger partial charge on any atom is -0.347 e. The number of hydrogen-bond donors (Lipinski definition) is 1. The largest absolute Gasteiger partial charge is 0.347 e. The summed E-state index contributed by atoms with van der Waals surface area (Å²) in [5.74, 6) is 0.682. The Hall–Kier alpha value is -0.990. The van der Waals surface area contributed by atoms with E-state index in [1.54, 1.807) is 0 Å². The minimum atomic E-state index is 0.682. The molecule has 0 aliphatic rings. The van der Waals surface area contributed by atoms with Crippen LogP contribution in [0.1, 0.15) is 25.8 Å². The smallest absolute Gasteiger partial charge is 0.0498 e. The number of halogens is 1. The van der Waals surface area contributed by atoms with Crippen LogP contribution in [0.3, 0.4) is 0 Å². The molecule has 3 heteroatoms. The molecule has 1 heterocycles. The highest BCUT2D eigenvalue weighted by Gasteiger charge is 2.10. The summed E-state index contributed by atoms with van der Waals surface area (Å²) in [4.78, 5) is 0. The predicted octanol–water partition coefficient (Wildman–Crippen LogP) is 4.06. The van der Waals surface area contributed by atoms with Crippen molar-refractivity contribution in [2.24, 2.45) is 5.92 Å². The van der Waals surface area contributed by atoms with Crippen molar-refractivity contribution in [2.75, 3.05) is 7.05 Å². The predicted molar refractivity (Wildman–Crippen MR) is 79.2 cm³/mol. The van der Waals surface area contributed by atoms with E-state index in [-0.39, 0.29) is 0 Å². The quantitative estimate of drug-likeness (QED) is 0.862. The molecule has 0 radical (unpaired) electrons. The van der Waals surface area contributed by atoms with E-state index < -0.39 is 0 Å². The van der Waals surface area contributed by atoms with E-state index in [2.05, 4.69) is 42.1 Å². The molecule has 0 aliphatic carbocycles. The highest BCUT2D eigenvalue weighted by Crippen LogP contribution is 2.26. The van der Waals surface area contributed by atoms with Gasteiger partial charge in [0, 0.05) is 35.2 Å². The topological polar surface area (TPSA) is 17.0 Å². The minimum absolute atomic E-state index is 0.682. The summed E-state index contributed by atoms with van der Waals surface area (Å²) in [6.07, 6.45) is 3.45. The lowest BCUT2D eigenvalue weighted by Crippen LogP contribution is -2.06. The van der Waals surface area contributed by atoms with E-state index in [4.69, 9.17) is 11.6 Å². The third-order valence-corrected chi connectivity index (χ3v) is 3.73. The van der Waals surface area contributed by atoms with Crippen LogP contribution in [0.25, 0.3) is 10.9 Å². The fraction of sp³-hybridized carbons (Fsp3) is 0.467. The zero-order chi connectivity index (χ0) is 13.1. The second-order valence-electron chi connectivity index (χ2n) is 5.01. The van der Waals surface area contributed by atoms with Crippen molar-refractivity contribution in [3.05, 3.63) is 35.0 Å². The fourth-order valence-electron chi connectivity index (χ4n) is 2.29. The SMILES string of the molecule is CCC(C)Cn1cc(CNC)c2ccc(Cl)cc21. The van der Waals surface area contributed by atoms with Crippen LogP contribution >= 0.6 is 11.6 Å². The van der Waals surface area contributed by atoms with Gasteiger partial charge in [-0.15, -0.1) is 0 Å². The Kier molecular flexibility index (Phi) is 4.31.